The fourth-order valence-corrected chi connectivity index (χ4v) is 4.57. The van der Waals surface area contributed by atoms with E-state index in [9.17, 15) is 4.79 Å². The van der Waals surface area contributed by atoms with Gasteiger partial charge >= 0.3 is 0 Å². The summed E-state index contributed by atoms with van der Waals surface area (Å²) in [6.07, 6.45) is 1.83. The minimum atomic E-state index is -0.0584. The van der Waals surface area contributed by atoms with Crippen LogP contribution in [0.5, 0.6) is 0 Å². The van der Waals surface area contributed by atoms with Gasteiger partial charge in [-0.2, -0.15) is 0 Å². The molecule has 0 aliphatic heterocycles. The number of thiophene rings is 1. The maximum Gasteiger partial charge on any atom is 0.261 e. The van der Waals surface area contributed by atoms with Gasteiger partial charge in [0, 0.05) is 21.5 Å². The minimum Gasteiger partial charge on any atom is -0.349 e. The van der Waals surface area contributed by atoms with Crippen LogP contribution in [0.4, 0.5) is 0 Å². The second-order valence-corrected chi connectivity index (χ2v) is 8.08. The Kier molecular flexibility index (Phi) is 5.10. The number of halogens is 1. The number of hydrogen-bond donors (Lipinski definition) is 1. The Morgan fingerprint density at radius 2 is 1.85 bits per heavy atom. The molecule has 0 unspecified atom stereocenters. The third-order valence-corrected chi connectivity index (χ3v) is 6.09. The molecule has 0 spiro atoms. The fourth-order valence-electron chi connectivity index (χ4n) is 3.18. The van der Waals surface area contributed by atoms with E-state index in [0.717, 1.165) is 33.8 Å². The monoisotopic (exact) mass is 394 g/mol. The van der Waals surface area contributed by atoms with E-state index in [0.29, 0.717) is 10.0 Å². The summed E-state index contributed by atoms with van der Waals surface area (Å²) >= 11 is 7.81. The summed E-state index contributed by atoms with van der Waals surface area (Å²) in [6.45, 7) is 2.04. The van der Waals surface area contributed by atoms with E-state index in [2.05, 4.69) is 22.4 Å². The van der Waals surface area contributed by atoms with Gasteiger partial charge in [-0.3, -0.25) is 4.79 Å². The van der Waals surface area contributed by atoms with E-state index >= 15 is 0 Å². The molecule has 0 aliphatic carbocycles. The molecule has 0 bridgehead atoms. The quantitative estimate of drug-likeness (QED) is 0.431. The molecule has 0 saturated heterocycles. The predicted octanol–water partition coefficient (Wildman–Crippen LogP) is 5.85. The molecule has 0 fully saturated rings. The molecule has 4 rings (SSSR count). The maximum atomic E-state index is 12.7. The number of aryl methyl sites for hydroxylation is 1. The first-order chi connectivity index (χ1) is 13.1. The Hall–Kier alpha value is -2.43. The van der Waals surface area contributed by atoms with Crippen molar-refractivity contribution in [1.29, 1.82) is 0 Å². The Labute approximate surface area is 167 Å². The number of amides is 1. The predicted molar refractivity (Wildman–Crippen MR) is 114 cm³/mol. The summed E-state index contributed by atoms with van der Waals surface area (Å²) in [5.74, 6) is -0.0584. The minimum absolute atomic E-state index is 0.0584. The standard InChI is InChI=1S/C22H19ClN2OS/c1-14(11-12-15-7-3-2-4-8-15)24-22(26)19-13-17-20(27-19)16-9-5-6-10-18(16)25-21(17)23/h2-10,13-14H,11-12H2,1H3,(H,24,26)/t14-/m0/s1. The van der Waals surface area contributed by atoms with E-state index in [1.807, 2.05) is 55.5 Å². The van der Waals surface area contributed by atoms with Crippen LogP contribution in [0.1, 0.15) is 28.6 Å². The van der Waals surface area contributed by atoms with E-state index in [-0.39, 0.29) is 11.9 Å². The number of carbonyl (C=O) groups excluding carboxylic acids is 1. The first-order valence-corrected chi connectivity index (χ1v) is 10.1. The molecule has 1 amide bonds. The van der Waals surface area contributed by atoms with Crippen LogP contribution in [0.3, 0.4) is 0 Å². The summed E-state index contributed by atoms with van der Waals surface area (Å²) in [5.41, 5.74) is 2.13. The summed E-state index contributed by atoms with van der Waals surface area (Å²) in [5, 5.41) is 5.41. The Morgan fingerprint density at radius 3 is 2.67 bits per heavy atom. The Bertz CT molecular complexity index is 1110. The maximum absolute atomic E-state index is 12.7. The topological polar surface area (TPSA) is 42.0 Å². The molecule has 4 aromatic rings. The Morgan fingerprint density at radius 1 is 1.11 bits per heavy atom. The zero-order chi connectivity index (χ0) is 18.8. The van der Waals surface area contributed by atoms with Crippen LogP contribution in [0, 0.1) is 0 Å². The fraction of sp³-hybridized carbons (Fsp3) is 0.182. The van der Waals surface area contributed by atoms with Crippen molar-refractivity contribution in [2.24, 2.45) is 0 Å². The third kappa shape index (κ3) is 3.82. The molecule has 2 aromatic carbocycles. The number of rotatable bonds is 5. The van der Waals surface area contributed by atoms with Crippen molar-refractivity contribution < 1.29 is 4.79 Å². The van der Waals surface area contributed by atoms with E-state index in [1.54, 1.807) is 0 Å². The SMILES string of the molecule is C[C@@H](CCc1ccccc1)NC(=O)c1cc2c(Cl)nc3ccccc3c2s1. The van der Waals surface area contributed by atoms with Crippen molar-refractivity contribution in [2.45, 2.75) is 25.8 Å². The molecule has 3 nitrogen and oxygen atoms in total. The van der Waals surface area contributed by atoms with Gasteiger partial charge in [-0.05, 0) is 37.5 Å². The van der Waals surface area contributed by atoms with Crippen LogP contribution in [0.15, 0.2) is 60.7 Å². The molecule has 27 heavy (non-hydrogen) atoms. The average Bonchev–Trinajstić information content (AvgIpc) is 3.14. The second-order valence-electron chi connectivity index (χ2n) is 6.67. The third-order valence-electron chi connectivity index (χ3n) is 4.63. The second kappa shape index (κ2) is 7.67. The van der Waals surface area contributed by atoms with Crippen LogP contribution < -0.4 is 5.32 Å². The lowest BCUT2D eigenvalue weighted by Gasteiger charge is -2.13. The first kappa shape index (κ1) is 18.0. The highest BCUT2D eigenvalue weighted by Gasteiger charge is 2.16. The van der Waals surface area contributed by atoms with Crippen molar-refractivity contribution in [3.05, 3.63) is 76.3 Å². The van der Waals surface area contributed by atoms with E-state index < -0.39 is 0 Å². The number of pyridine rings is 1. The molecule has 2 aromatic heterocycles. The largest absolute Gasteiger partial charge is 0.349 e. The normalized spacial score (nSPS) is 12.4. The lowest BCUT2D eigenvalue weighted by atomic mass is 10.1. The highest BCUT2D eigenvalue weighted by Crippen LogP contribution is 2.35. The van der Waals surface area contributed by atoms with E-state index in [4.69, 9.17) is 11.6 Å². The number of nitrogens with zero attached hydrogens (tertiary/aromatic N) is 1. The number of benzene rings is 2. The number of aromatic nitrogens is 1. The first-order valence-electron chi connectivity index (χ1n) is 8.94. The van der Waals surface area contributed by atoms with Crippen LogP contribution in [-0.4, -0.2) is 16.9 Å². The number of hydrogen-bond acceptors (Lipinski definition) is 3. The van der Waals surface area contributed by atoms with Gasteiger partial charge in [-0.1, -0.05) is 60.1 Å². The molecule has 5 heteroatoms. The molecule has 1 N–H and O–H groups in total. The number of para-hydroxylation sites is 1. The average molecular weight is 395 g/mol. The smallest absolute Gasteiger partial charge is 0.261 e. The summed E-state index contributed by atoms with van der Waals surface area (Å²) in [6, 6.07) is 20.1. The van der Waals surface area contributed by atoms with Crippen molar-refractivity contribution in [1.82, 2.24) is 10.3 Å². The highest BCUT2D eigenvalue weighted by atomic mass is 35.5. The van der Waals surface area contributed by atoms with Crippen molar-refractivity contribution >= 4 is 49.8 Å². The number of fused-ring (bicyclic) bond motifs is 3. The van der Waals surface area contributed by atoms with Gasteiger partial charge in [0.25, 0.3) is 5.91 Å². The molecule has 0 aliphatic rings. The molecular weight excluding hydrogens is 376 g/mol. The van der Waals surface area contributed by atoms with Gasteiger partial charge in [0.2, 0.25) is 0 Å². The summed E-state index contributed by atoms with van der Waals surface area (Å²) in [7, 11) is 0. The van der Waals surface area contributed by atoms with Gasteiger partial charge in [-0.15, -0.1) is 11.3 Å². The number of carbonyl (C=O) groups is 1. The molecule has 0 radical (unpaired) electrons. The zero-order valence-corrected chi connectivity index (χ0v) is 16.5. The molecule has 136 valence electrons. The van der Waals surface area contributed by atoms with Crippen LogP contribution in [-0.2, 0) is 6.42 Å². The van der Waals surface area contributed by atoms with E-state index in [1.165, 1.54) is 16.9 Å². The molecule has 0 saturated carbocycles. The van der Waals surface area contributed by atoms with Gasteiger partial charge in [0.1, 0.15) is 5.15 Å². The summed E-state index contributed by atoms with van der Waals surface area (Å²) in [4.78, 5) is 17.8. The zero-order valence-electron chi connectivity index (χ0n) is 14.9. The van der Waals surface area contributed by atoms with Crippen molar-refractivity contribution in [3.8, 4) is 0 Å². The lowest BCUT2D eigenvalue weighted by Crippen LogP contribution is -2.32. The van der Waals surface area contributed by atoms with Crippen LogP contribution in [0.2, 0.25) is 5.15 Å². The molecular formula is C22H19ClN2OS. The Balaban J connectivity index is 1.52. The van der Waals surface area contributed by atoms with Gasteiger partial charge in [-0.25, -0.2) is 4.98 Å². The number of nitrogens with one attached hydrogen (secondary N) is 1. The summed E-state index contributed by atoms with van der Waals surface area (Å²) < 4.78 is 1.01. The van der Waals surface area contributed by atoms with Crippen LogP contribution >= 0.6 is 22.9 Å². The van der Waals surface area contributed by atoms with Gasteiger partial charge < -0.3 is 5.32 Å². The lowest BCUT2D eigenvalue weighted by molar-refractivity contribution is 0.0942. The van der Waals surface area contributed by atoms with Gasteiger partial charge in [0.15, 0.2) is 0 Å². The molecule has 2 heterocycles. The van der Waals surface area contributed by atoms with Crippen molar-refractivity contribution in [2.75, 3.05) is 0 Å². The van der Waals surface area contributed by atoms with Gasteiger partial charge in [0.05, 0.1) is 10.4 Å². The highest BCUT2D eigenvalue weighted by molar-refractivity contribution is 7.21. The van der Waals surface area contributed by atoms with Crippen LogP contribution in [0.25, 0.3) is 21.0 Å². The van der Waals surface area contributed by atoms with Crippen molar-refractivity contribution in [3.63, 3.8) is 0 Å². The molecule has 1 atom stereocenters.